The molecule has 1 fully saturated rings. The second-order valence-electron chi connectivity index (χ2n) is 12.6. The van der Waals surface area contributed by atoms with Crippen molar-refractivity contribution in [2.24, 2.45) is 0 Å². The van der Waals surface area contributed by atoms with Gasteiger partial charge in [0.2, 0.25) is 0 Å². The molecule has 3 atom stereocenters. The summed E-state index contributed by atoms with van der Waals surface area (Å²) < 4.78 is 27.2. The van der Waals surface area contributed by atoms with Gasteiger partial charge in [0.15, 0.2) is 11.6 Å². The van der Waals surface area contributed by atoms with Crippen LogP contribution < -0.4 is 15.5 Å². The summed E-state index contributed by atoms with van der Waals surface area (Å²) in [6, 6.07) is 40.3. The van der Waals surface area contributed by atoms with Crippen LogP contribution in [0.1, 0.15) is 27.0 Å². The molecule has 0 saturated carbocycles. The molecule has 11 nitrogen and oxygen atoms in total. The highest BCUT2D eigenvalue weighted by atomic mass is 35.7. The third-order valence-corrected chi connectivity index (χ3v) is 11.9. The topological polar surface area (TPSA) is 112 Å². The first-order valence-electron chi connectivity index (χ1n) is 16.7. The molecule has 3 heterocycles. The van der Waals surface area contributed by atoms with Crippen molar-refractivity contribution in [1.82, 2.24) is 19.5 Å². The SMILES string of the molecule is CN(C)P(=O)(Cl)OCC1CN(C(c2ccccc2)(c2ccccc2)c2ccccc2)CC(N2CNc3c(NC(=O)c4ccccc4)ncnc32)O1. The zero-order chi connectivity index (χ0) is 35.4. The number of anilines is 3. The summed E-state index contributed by atoms with van der Waals surface area (Å²) in [4.78, 5) is 26.6. The van der Waals surface area contributed by atoms with Gasteiger partial charge in [-0.25, -0.2) is 14.6 Å². The van der Waals surface area contributed by atoms with Crippen molar-refractivity contribution in [1.29, 1.82) is 0 Å². The summed E-state index contributed by atoms with van der Waals surface area (Å²) in [5.74, 6) is 0.671. The van der Waals surface area contributed by atoms with Gasteiger partial charge in [0.1, 0.15) is 18.2 Å². The Bertz CT molecular complexity index is 1900. The van der Waals surface area contributed by atoms with E-state index in [1.807, 2.05) is 41.3 Å². The fraction of sp³-hybridized carbons (Fsp3) is 0.237. The number of amides is 1. The highest BCUT2D eigenvalue weighted by Gasteiger charge is 2.48. The van der Waals surface area contributed by atoms with Crippen LogP contribution in [-0.2, 0) is 19.4 Å². The van der Waals surface area contributed by atoms with Crippen LogP contribution in [0.4, 0.5) is 17.3 Å². The highest BCUT2D eigenvalue weighted by Crippen LogP contribution is 2.54. The van der Waals surface area contributed by atoms with Crippen LogP contribution in [0.5, 0.6) is 0 Å². The summed E-state index contributed by atoms with van der Waals surface area (Å²) in [7, 11) is 3.24. The third-order valence-electron chi connectivity index (χ3n) is 9.24. The quantitative estimate of drug-likeness (QED) is 0.111. The number of halogens is 1. The van der Waals surface area contributed by atoms with Crippen LogP contribution in [0.25, 0.3) is 0 Å². The number of carbonyl (C=O) groups excluding carboxylic acids is 1. The van der Waals surface area contributed by atoms with Crippen LogP contribution in [-0.4, -0.2) is 78.2 Å². The molecule has 13 heteroatoms. The Labute approximate surface area is 302 Å². The third kappa shape index (κ3) is 7.01. The number of hydrogen-bond acceptors (Lipinski definition) is 9. The first-order valence-corrected chi connectivity index (χ1v) is 19.2. The average Bonchev–Trinajstić information content (AvgIpc) is 3.61. The molecule has 262 valence electrons. The largest absolute Gasteiger partial charge is 0.362 e. The van der Waals surface area contributed by atoms with E-state index >= 15 is 0 Å². The Morgan fingerprint density at radius 3 is 2.00 bits per heavy atom. The maximum atomic E-state index is 13.2. The van der Waals surface area contributed by atoms with Crippen LogP contribution >= 0.6 is 18.1 Å². The lowest BCUT2D eigenvalue weighted by molar-refractivity contribution is -0.116. The number of carbonyl (C=O) groups is 1. The van der Waals surface area contributed by atoms with Crippen molar-refractivity contribution in [2.45, 2.75) is 17.9 Å². The zero-order valence-corrected chi connectivity index (χ0v) is 30.0. The molecule has 0 radical (unpaired) electrons. The van der Waals surface area contributed by atoms with E-state index in [0.717, 1.165) is 16.7 Å². The van der Waals surface area contributed by atoms with E-state index in [1.165, 1.54) is 11.0 Å². The average molecular weight is 724 g/mol. The summed E-state index contributed by atoms with van der Waals surface area (Å²) in [5.41, 5.74) is 3.58. The number of hydrogen-bond donors (Lipinski definition) is 2. The fourth-order valence-corrected chi connectivity index (χ4v) is 7.58. The Morgan fingerprint density at radius 1 is 0.902 bits per heavy atom. The van der Waals surface area contributed by atoms with E-state index in [9.17, 15) is 9.36 Å². The minimum Gasteiger partial charge on any atom is -0.362 e. The van der Waals surface area contributed by atoms with Crippen molar-refractivity contribution >= 4 is 41.3 Å². The van der Waals surface area contributed by atoms with Gasteiger partial charge in [-0.1, -0.05) is 109 Å². The number of nitrogens with one attached hydrogen (secondary N) is 2. The van der Waals surface area contributed by atoms with Crippen LogP contribution in [0.15, 0.2) is 128 Å². The van der Waals surface area contributed by atoms with Gasteiger partial charge in [-0.15, -0.1) is 0 Å². The Balaban J connectivity index is 1.30. The molecule has 0 aliphatic carbocycles. The van der Waals surface area contributed by atoms with Crippen LogP contribution in [0.2, 0.25) is 0 Å². The van der Waals surface area contributed by atoms with Crippen molar-refractivity contribution in [2.75, 3.05) is 56.0 Å². The lowest BCUT2D eigenvalue weighted by atomic mass is 9.75. The number of fused-ring (bicyclic) bond motifs is 1. The Kier molecular flexibility index (Phi) is 10.2. The molecule has 4 aromatic carbocycles. The molecule has 51 heavy (non-hydrogen) atoms. The molecule has 2 aliphatic rings. The zero-order valence-electron chi connectivity index (χ0n) is 28.3. The molecule has 2 N–H and O–H groups in total. The lowest BCUT2D eigenvalue weighted by Crippen LogP contribution is -2.62. The number of nitrogens with zero attached hydrogens (tertiary/aromatic N) is 5. The second kappa shape index (κ2) is 14.9. The number of rotatable bonds is 11. The van der Waals surface area contributed by atoms with Crippen molar-refractivity contribution in [3.8, 4) is 0 Å². The lowest BCUT2D eigenvalue weighted by Gasteiger charge is -2.51. The summed E-state index contributed by atoms with van der Waals surface area (Å²) in [6.45, 7) is -2.40. The van der Waals surface area contributed by atoms with Gasteiger partial charge >= 0.3 is 6.87 Å². The van der Waals surface area contributed by atoms with E-state index in [4.69, 9.17) is 20.5 Å². The van der Waals surface area contributed by atoms with E-state index in [-0.39, 0.29) is 12.5 Å². The summed E-state index contributed by atoms with van der Waals surface area (Å²) >= 11 is 6.36. The minimum atomic E-state index is -3.59. The molecular weight excluding hydrogens is 685 g/mol. The maximum Gasteiger partial charge on any atom is 0.362 e. The molecule has 7 rings (SSSR count). The Morgan fingerprint density at radius 2 is 1.45 bits per heavy atom. The first kappa shape index (κ1) is 34.8. The minimum absolute atomic E-state index is 0.0172. The predicted octanol–water partition coefficient (Wildman–Crippen LogP) is 6.86. The number of benzene rings is 4. The number of ether oxygens (including phenoxy) is 1. The van der Waals surface area contributed by atoms with Gasteiger partial charge in [-0.2, -0.15) is 0 Å². The molecule has 0 spiro atoms. The standard InChI is InChI=1S/C38H39ClN7O4P/c1-44(2)51(39,48)49-25-32-23-45(38(29-17-9-4-10-18-29,30-19-11-5-12-20-30)31-21-13-6-14-22-31)24-33(50-32)46-27-42-34-35(40-26-41-36(34)46)43-37(47)28-15-7-3-8-16-28/h3-22,26,32-33,42H,23-25,27H2,1-2H3,(H,40,41,43,47). The molecule has 2 aliphatic heterocycles. The fourth-order valence-electron chi connectivity index (χ4n) is 6.83. The predicted molar refractivity (Wildman–Crippen MR) is 200 cm³/mol. The van der Waals surface area contributed by atoms with Crippen molar-refractivity contribution in [3.05, 3.63) is 150 Å². The van der Waals surface area contributed by atoms with Crippen LogP contribution in [0.3, 0.4) is 0 Å². The van der Waals surface area contributed by atoms with E-state index in [2.05, 4.69) is 98.3 Å². The molecule has 5 aromatic rings. The van der Waals surface area contributed by atoms with Gasteiger partial charge in [0.05, 0.1) is 24.9 Å². The van der Waals surface area contributed by atoms with Gasteiger partial charge in [-0.3, -0.25) is 14.3 Å². The normalized spacial score (nSPS) is 18.9. The smallest absolute Gasteiger partial charge is 0.362 e. The summed E-state index contributed by atoms with van der Waals surface area (Å²) in [6.07, 6.45) is 0.330. The number of aromatic nitrogens is 2. The van der Waals surface area contributed by atoms with E-state index < -0.39 is 24.7 Å². The molecular formula is C38H39ClN7O4P. The van der Waals surface area contributed by atoms with Crippen molar-refractivity contribution < 1.29 is 18.6 Å². The van der Waals surface area contributed by atoms with E-state index in [1.54, 1.807) is 26.2 Å². The van der Waals surface area contributed by atoms with Gasteiger partial charge in [-0.05, 0) is 54.2 Å². The van der Waals surface area contributed by atoms with Crippen molar-refractivity contribution in [3.63, 3.8) is 0 Å². The van der Waals surface area contributed by atoms with Gasteiger partial charge in [0.25, 0.3) is 5.91 Å². The molecule has 1 amide bonds. The Hall–Kier alpha value is -4.61. The molecule has 1 aromatic heterocycles. The van der Waals surface area contributed by atoms with Gasteiger partial charge < -0.3 is 24.8 Å². The monoisotopic (exact) mass is 723 g/mol. The molecule has 1 saturated heterocycles. The first-order chi connectivity index (χ1) is 24.8. The van der Waals surface area contributed by atoms with E-state index in [0.29, 0.717) is 42.6 Å². The summed E-state index contributed by atoms with van der Waals surface area (Å²) in [5, 5.41) is 6.33. The maximum absolute atomic E-state index is 13.2. The van der Waals surface area contributed by atoms with Crippen LogP contribution in [0, 0.1) is 0 Å². The molecule has 3 unspecified atom stereocenters. The highest BCUT2D eigenvalue weighted by molar-refractivity contribution is 7.83. The molecule has 0 bridgehead atoms. The second-order valence-corrected chi connectivity index (χ2v) is 15.8. The van der Waals surface area contributed by atoms with Gasteiger partial charge in [0, 0.05) is 18.7 Å². The number of morpholine rings is 1.